The van der Waals surface area contributed by atoms with E-state index in [1.165, 1.54) is 0 Å². The average Bonchev–Trinajstić information content (AvgIpc) is 2.39. The smallest absolute Gasteiger partial charge is 0.102 e. The monoisotopic (exact) mass is 270 g/mol. The van der Waals surface area contributed by atoms with Crippen LogP contribution in [0.2, 0.25) is 0 Å². The Bertz CT molecular complexity index is 299. The quantitative estimate of drug-likeness (QED) is 0.740. The Morgan fingerprint density at radius 2 is 2.00 bits per heavy atom. The second kappa shape index (κ2) is 9.26. The van der Waals surface area contributed by atoms with Crippen molar-refractivity contribution in [3.05, 3.63) is 23.8 Å². The van der Waals surface area contributed by atoms with E-state index in [4.69, 9.17) is 14.2 Å². The third kappa shape index (κ3) is 6.34. The van der Waals surface area contributed by atoms with E-state index in [-0.39, 0.29) is 12.0 Å². The number of rotatable bonds is 1. The molecule has 0 radical (unpaired) electrons. The molecule has 1 aliphatic rings. The molecule has 0 aliphatic carbocycles. The third-order valence-electron chi connectivity index (χ3n) is 3.15. The summed E-state index contributed by atoms with van der Waals surface area (Å²) in [6.45, 7) is 6.46. The van der Waals surface area contributed by atoms with Crippen molar-refractivity contribution in [3.63, 3.8) is 0 Å². The SMILES string of the molecule is CO[C@H]1/C=C/CCOCCOC/C(C)=C\C(C)[C@@H]1O. The Morgan fingerprint density at radius 3 is 2.74 bits per heavy atom. The molecule has 0 amide bonds. The Kier molecular flexibility index (Phi) is 7.98. The van der Waals surface area contributed by atoms with Crippen molar-refractivity contribution in [2.75, 3.05) is 33.5 Å². The van der Waals surface area contributed by atoms with Crippen LogP contribution in [0.25, 0.3) is 0 Å². The van der Waals surface area contributed by atoms with Crippen LogP contribution in [0, 0.1) is 5.92 Å². The molecule has 0 fully saturated rings. The summed E-state index contributed by atoms with van der Waals surface area (Å²) in [5.41, 5.74) is 1.11. The number of hydrogen-bond donors (Lipinski definition) is 1. The van der Waals surface area contributed by atoms with Crippen LogP contribution in [0.5, 0.6) is 0 Å². The molecule has 1 aliphatic heterocycles. The van der Waals surface area contributed by atoms with Crippen LogP contribution in [-0.4, -0.2) is 50.9 Å². The molecule has 1 unspecified atom stereocenters. The van der Waals surface area contributed by atoms with Gasteiger partial charge in [0.1, 0.15) is 6.10 Å². The molecule has 110 valence electrons. The molecule has 19 heavy (non-hydrogen) atoms. The largest absolute Gasteiger partial charge is 0.389 e. The summed E-state index contributed by atoms with van der Waals surface area (Å²) in [4.78, 5) is 0. The molecule has 1 rings (SSSR count). The van der Waals surface area contributed by atoms with Gasteiger partial charge >= 0.3 is 0 Å². The van der Waals surface area contributed by atoms with Crippen molar-refractivity contribution < 1.29 is 19.3 Å². The molecule has 1 N–H and O–H groups in total. The molecule has 0 spiro atoms. The van der Waals surface area contributed by atoms with E-state index >= 15 is 0 Å². The fourth-order valence-electron chi connectivity index (χ4n) is 2.06. The topological polar surface area (TPSA) is 47.9 Å². The van der Waals surface area contributed by atoms with Gasteiger partial charge in [-0.1, -0.05) is 30.7 Å². The van der Waals surface area contributed by atoms with Crippen molar-refractivity contribution in [1.29, 1.82) is 0 Å². The van der Waals surface area contributed by atoms with E-state index < -0.39 is 6.10 Å². The predicted octanol–water partition coefficient (Wildman–Crippen LogP) is 1.94. The van der Waals surface area contributed by atoms with Gasteiger partial charge in [-0.15, -0.1) is 0 Å². The molecule has 0 bridgehead atoms. The van der Waals surface area contributed by atoms with E-state index in [1.807, 2.05) is 32.1 Å². The van der Waals surface area contributed by atoms with Crippen molar-refractivity contribution in [3.8, 4) is 0 Å². The highest BCUT2D eigenvalue weighted by atomic mass is 16.5. The lowest BCUT2D eigenvalue weighted by Crippen LogP contribution is -2.31. The first-order valence-corrected chi connectivity index (χ1v) is 6.85. The van der Waals surface area contributed by atoms with Crippen LogP contribution in [0.3, 0.4) is 0 Å². The summed E-state index contributed by atoms with van der Waals surface area (Å²) < 4.78 is 16.3. The highest BCUT2D eigenvalue weighted by Gasteiger charge is 2.21. The Morgan fingerprint density at radius 1 is 1.26 bits per heavy atom. The first-order valence-electron chi connectivity index (χ1n) is 6.85. The Hall–Kier alpha value is -0.680. The fourth-order valence-corrected chi connectivity index (χ4v) is 2.06. The molecule has 0 saturated heterocycles. The average molecular weight is 270 g/mol. The molecule has 1 heterocycles. The van der Waals surface area contributed by atoms with Gasteiger partial charge in [-0.25, -0.2) is 0 Å². The van der Waals surface area contributed by atoms with Gasteiger partial charge in [0.2, 0.25) is 0 Å². The zero-order valence-corrected chi connectivity index (χ0v) is 12.2. The fraction of sp³-hybridized carbons (Fsp3) is 0.733. The minimum Gasteiger partial charge on any atom is -0.389 e. The first kappa shape index (κ1) is 16.4. The van der Waals surface area contributed by atoms with Crippen molar-refractivity contribution >= 4 is 0 Å². The zero-order valence-electron chi connectivity index (χ0n) is 12.2. The summed E-state index contributed by atoms with van der Waals surface area (Å²) in [6.07, 6.45) is 5.92. The van der Waals surface area contributed by atoms with Crippen LogP contribution in [0.15, 0.2) is 23.8 Å². The van der Waals surface area contributed by atoms with E-state index in [0.29, 0.717) is 26.4 Å². The lowest BCUT2D eigenvalue weighted by Gasteiger charge is -2.23. The number of aliphatic hydroxyl groups excluding tert-OH is 1. The lowest BCUT2D eigenvalue weighted by molar-refractivity contribution is -0.00247. The molecule has 0 aromatic rings. The summed E-state index contributed by atoms with van der Waals surface area (Å²) >= 11 is 0. The zero-order chi connectivity index (χ0) is 14.1. The normalized spacial score (nSPS) is 36.0. The summed E-state index contributed by atoms with van der Waals surface area (Å²) in [5.74, 6) is 0.0254. The highest BCUT2D eigenvalue weighted by molar-refractivity contribution is 5.05. The van der Waals surface area contributed by atoms with Crippen LogP contribution < -0.4 is 0 Å². The number of aliphatic hydroxyl groups is 1. The number of ether oxygens (including phenoxy) is 3. The van der Waals surface area contributed by atoms with Gasteiger partial charge in [-0.05, 0) is 13.3 Å². The van der Waals surface area contributed by atoms with Gasteiger partial charge in [-0.3, -0.25) is 0 Å². The van der Waals surface area contributed by atoms with Crippen LogP contribution >= 0.6 is 0 Å². The number of methoxy groups -OCH3 is 1. The van der Waals surface area contributed by atoms with Gasteiger partial charge in [0.05, 0.1) is 32.5 Å². The second-order valence-electron chi connectivity index (χ2n) is 4.94. The first-order chi connectivity index (χ1) is 9.15. The predicted molar refractivity (Wildman–Crippen MR) is 75.1 cm³/mol. The van der Waals surface area contributed by atoms with E-state index in [1.54, 1.807) is 7.11 Å². The van der Waals surface area contributed by atoms with Crippen molar-refractivity contribution in [2.24, 2.45) is 5.92 Å². The standard InChI is InChI=1S/C15H26O4/c1-12-10-13(2)15(16)14(17-3)6-4-5-7-18-8-9-19-11-12/h4,6,10,13-16H,5,7-9,11H2,1-3H3/b6-4+,12-10-/t13?,14-,15-/m0/s1. The summed E-state index contributed by atoms with van der Waals surface area (Å²) in [7, 11) is 1.62. The second-order valence-corrected chi connectivity index (χ2v) is 4.94. The van der Waals surface area contributed by atoms with Crippen molar-refractivity contribution in [2.45, 2.75) is 32.5 Å². The van der Waals surface area contributed by atoms with Crippen LogP contribution in [0.4, 0.5) is 0 Å². The van der Waals surface area contributed by atoms with E-state index in [0.717, 1.165) is 12.0 Å². The molecule has 0 aromatic heterocycles. The van der Waals surface area contributed by atoms with Gasteiger partial charge < -0.3 is 19.3 Å². The minimum absolute atomic E-state index is 0.0254. The van der Waals surface area contributed by atoms with Gasteiger partial charge in [0.25, 0.3) is 0 Å². The Balaban J connectivity index is 2.71. The Labute approximate surface area is 116 Å². The molecule has 3 atom stereocenters. The molecule has 0 saturated carbocycles. The van der Waals surface area contributed by atoms with Crippen LogP contribution in [-0.2, 0) is 14.2 Å². The highest BCUT2D eigenvalue weighted by Crippen LogP contribution is 2.15. The minimum atomic E-state index is -0.556. The van der Waals surface area contributed by atoms with Crippen molar-refractivity contribution in [1.82, 2.24) is 0 Å². The maximum atomic E-state index is 10.3. The molecule has 4 nitrogen and oxygen atoms in total. The summed E-state index contributed by atoms with van der Waals surface area (Å²) in [5, 5.41) is 10.3. The van der Waals surface area contributed by atoms with Gasteiger partial charge in [-0.2, -0.15) is 0 Å². The van der Waals surface area contributed by atoms with E-state index in [2.05, 4.69) is 0 Å². The third-order valence-corrected chi connectivity index (χ3v) is 3.15. The molecule has 4 heteroatoms. The molecular weight excluding hydrogens is 244 g/mol. The lowest BCUT2D eigenvalue weighted by atomic mass is 9.97. The van der Waals surface area contributed by atoms with Gasteiger partial charge in [0.15, 0.2) is 0 Å². The van der Waals surface area contributed by atoms with Gasteiger partial charge in [0, 0.05) is 13.0 Å². The van der Waals surface area contributed by atoms with Crippen LogP contribution in [0.1, 0.15) is 20.3 Å². The maximum Gasteiger partial charge on any atom is 0.102 e. The summed E-state index contributed by atoms with van der Waals surface area (Å²) in [6, 6.07) is 0. The molecule has 0 aromatic carbocycles. The molecular formula is C15H26O4. The van der Waals surface area contributed by atoms with E-state index in [9.17, 15) is 5.11 Å². The number of hydrogen-bond acceptors (Lipinski definition) is 4. The maximum absolute atomic E-state index is 10.3.